The molecule has 0 bridgehead atoms. The number of halogens is 1. The molecule has 1 saturated heterocycles. The van der Waals surface area contributed by atoms with Crippen molar-refractivity contribution in [2.75, 3.05) is 29.9 Å². The molecule has 30 heavy (non-hydrogen) atoms. The molecule has 0 aromatic heterocycles. The van der Waals surface area contributed by atoms with Crippen molar-refractivity contribution in [3.8, 4) is 5.75 Å². The second-order valence-corrected chi connectivity index (χ2v) is 7.21. The topological polar surface area (TPSA) is 87.7 Å². The Kier molecular flexibility index (Phi) is 7.08. The van der Waals surface area contributed by atoms with E-state index < -0.39 is 0 Å². The van der Waals surface area contributed by atoms with Gasteiger partial charge in [-0.05, 0) is 48.5 Å². The summed E-state index contributed by atoms with van der Waals surface area (Å²) in [5.74, 6) is -0.450. The summed E-state index contributed by atoms with van der Waals surface area (Å²) in [6, 6.07) is 13.6. The molecule has 0 saturated carbocycles. The van der Waals surface area contributed by atoms with Crippen LogP contribution in [0.15, 0.2) is 61.2 Å². The summed E-state index contributed by atoms with van der Waals surface area (Å²) < 4.78 is 5.50. The fourth-order valence-corrected chi connectivity index (χ4v) is 3.18. The molecular formula is C22H22ClN3O4. The highest BCUT2D eigenvalue weighted by molar-refractivity contribution is 6.30. The minimum Gasteiger partial charge on any atom is -0.484 e. The summed E-state index contributed by atoms with van der Waals surface area (Å²) in [7, 11) is 0. The molecule has 0 aliphatic carbocycles. The van der Waals surface area contributed by atoms with Crippen LogP contribution in [0, 0.1) is 5.92 Å². The number of rotatable bonds is 8. The van der Waals surface area contributed by atoms with Crippen LogP contribution in [0.5, 0.6) is 5.75 Å². The Morgan fingerprint density at radius 2 is 1.87 bits per heavy atom. The van der Waals surface area contributed by atoms with Gasteiger partial charge in [0.1, 0.15) is 5.75 Å². The van der Waals surface area contributed by atoms with E-state index in [1.54, 1.807) is 59.5 Å². The van der Waals surface area contributed by atoms with Gasteiger partial charge in [-0.1, -0.05) is 17.7 Å². The molecule has 3 amide bonds. The molecule has 2 aromatic rings. The molecule has 1 atom stereocenters. The number of hydrogen-bond acceptors (Lipinski definition) is 4. The van der Waals surface area contributed by atoms with Crippen molar-refractivity contribution in [1.82, 2.24) is 5.32 Å². The van der Waals surface area contributed by atoms with Gasteiger partial charge in [-0.2, -0.15) is 0 Å². The molecule has 3 rings (SSSR count). The lowest BCUT2D eigenvalue weighted by molar-refractivity contribution is -0.126. The largest absolute Gasteiger partial charge is 0.484 e. The minimum absolute atomic E-state index is 0.107. The van der Waals surface area contributed by atoms with Gasteiger partial charge < -0.3 is 20.3 Å². The first-order chi connectivity index (χ1) is 14.5. The van der Waals surface area contributed by atoms with Gasteiger partial charge in [-0.25, -0.2) is 0 Å². The second-order valence-electron chi connectivity index (χ2n) is 6.78. The fourth-order valence-electron chi connectivity index (χ4n) is 3.05. The normalized spacial score (nSPS) is 15.6. The molecule has 1 aliphatic heterocycles. The van der Waals surface area contributed by atoms with Crippen molar-refractivity contribution in [1.29, 1.82) is 0 Å². The summed E-state index contributed by atoms with van der Waals surface area (Å²) in [5, 5.41) is 6.02. The van der Waals surface area contributed by atoms with E-state index in [1.807, 2.05) is 0 Å². The maximum atomic E-state index is 12.3. The van der Waals surface area contributed by atoms with Crippen LogP contribution in [-0.4, -0.2) is 37.4 Å². The monoisotopic (exact) mass is 427 g/mol. The number of carbonyl (C=O) groups is 3. The molecule has 2 aromatic carbocycles. The van der Waals surface area contributed by atoms with Crippen LogP contribution in [-0.2, 0) is 14.4 Å². The number of benzene rings is 2. The SMILES string of the molecule is C=CCNC(=O)[C@@H]1CC(=O)N(c2ccc(OCC(=O)Nc3ccc(Cl)cc3)cc2)C1. The Labute approximate surface area is 179 Å². The van der Waals surface area contributed by atoms with Gasteiger partial charge in [0.25, 0.3) is 5.91 Å². The van der Waals surface area contributed by atoms with Crippen LogP contribution in [0.3, 0.4) is 0 Å². The Bertz CT molecular complexity index is 928. The number of nitrogens with one attached hydrogen (secondary N) is 2. The summed E-state index contributed by atoms with van der Waals surface area (Å²) in [6.07, 6.45) is 1.77. The van der Waals surface area contributed by atoms with Crippen molar-refractivity contribution in [2.45, 2.75) is 6.42 Å². The third kappa shape index (κ3) is 5.61. The Morgan fingerprint density at radius 3 is 2.53 bits per heavy atom. The molecule has 2 N–H and O–H groups in total. The van der Waals surface area contributed by atoms with E-state index in [9.17, 15) is 14.4 Å². The standard InChI is InChI=1S/C22H22ClN3O4/c1-2-11-24-22(29)15-12-21(28)26(13-15)18-7-9-19(10-8-18)30-14-20(27)25-17-5-3-16(23)4-6-17/h2-10,15H,1,11-14H2,(H,24,29)(H,25,27)/t15-/m1/s1. The van der Waals surface area contributed by atoms with Crippen LogP contribution < -0.4 is 20.3 Å². The molecule has 7 nitrogen and oxygen atoms in total. The Balaban J connectivity index is 1.51. The highest BCUT2D eigenvalue weighted by Gasteiger charge is 2.34. The zero-order chi connectivity index (χ0) is 21.5. The Hall–Kier alpha value is -3.32. The second kappa shape index (κ2) is 9.93. The van der Waals surface area contributed by atoms with Crippen LogP contribution >= 0.6 is 11.6 Å². The molecule has 1 aliphatic rings. The zero-order valence-electron chi connectivity index (χ0n) is 16.3. The highest BCUT2D eigenvalue weighted by Crippen LogP contribution is 2.27. The summed E-state index contributed by atoms with van der Waals surface area (Å²) in [4.78, 5) is 37.9. The van der Waals surface area contributed by atoms with Gasteiger partial charge in [0.15, 0.2) is 6.61 Å². The molecule has 156 valence electrons. The van der Waals surface area contributed by atoms with Crippen LogP contribution in [0.25, 0.3) is 0 Å². The summed E-state index contributed by atoms with van der Waals surface area (Å²) in [6.45, 7) is 4.11. The lowest BCUT2D eigenvalue weighted by Crippen LogP contribution is -2.32. The van der Waals surface area contributed by atoms with Crippen LogP contribution in [0.1, 0.15) is 6.42 Å². The van der Waals surface area contributed by atoms with Gasteiger partial charge in [-0.3, -0.25) is 14.4 Å². The Morgan fingerprint density at radius 1 is 1.17 bits per heavy atom. The number of nitrogens with zero attached hydrogens (tertiary/aromatic N) is 1. The van der Waals surface area contributed by atoms with E-state index in [0.29, 0.717) is 35.2 Å². The average molecular weight is 428 g/mol. The van der Waals surface area contributed by atoms with E-state index in [1.165, 1.54) is 0 Å². The number of carbonyl (C=O) groups excluding carboxylic acids is 3. The zero-order valence-corrected chi connectivity index (χ0v) is 17.0. The molecule has 0 unspecified atom stereocenters. The van der Waals surface area contributed by atoms with Crippen molar-refractivity contribution in [3.05, 3.63) is 66.2 Å². The van der Waals surface area contributed by atoms with Crippen LogP contribution in [0.4, 0.5) is 11.4 Å². The van der Waals surface area contributed by atoms with E-state index in [2.05, 4.69) is 17.2 Å². The van der Waals surface area contributed by atoms with E-state index in [-0.39, 0.29) is 36.7 Å². The van der Waals surface area contributed by atoms with Gasteiger partial charge in [0.05, 0.1) is 5.92 Å². The summed E-state index contributed by atoms with van der Waals surface area (Å²) in [5.41, 5.74) is 1.31. The van der Waals surface area contributed by atoms with Gasteiger partial charge in [0.2, 0.25) is 11.8 Å². The molecule has 0 radical (unpaired) electrons. The third-order valence-corrected chi connectivity index (χ3v) is 4.81. The predicted octanol–water partition coefficient (Wildman–Crippen LogP) is 3.01. The third-order valence-electron chi connectivity index (χ3n) is 4.56. The first-order valence-electron chi connectivity index (χ1n) is 9.43. The van der Waals surface area contributed by atoms with Crippen molar-refractivity contribution >= 4 is 40.7 Å². The quantitative estimate of drug-likeness (QED) is 0.634. The van der Waals surface area contributed by atoms with E-state index in [0.717, 1.165) is 0 Å². The van der Waals surface area contributed by atoms with Gasteiger partial charge in [-0.15, -0.1) is 6.58 Å². The lowest BCUT2D eigenvalue weighted by atomic mass is 10.1. The lowest BCUT2D eigenvalue weighted by Gasteiger charge is -2.17. The minimum atomic E-state index is -0.384. The number of anilines is 2. The van der Waals surface area contributed by atoms with Crippen molar-refractivity contribution < 1.29 is 19.1 Å². The smallest absolute Gasteiger partial charge is 0.262 e. The van der Waals surface area contributed by atoms with Gasteiger partial charge >= 0.3 is 0 Å². The molecule has 8 heteroatoms. The summed E-state index contributed by atoms with van der Waals surface area (Å²) >= 11 is 5.82. The molecule has 0 spiro atoms. The fraction of sp³-hybridized carbons (Fsp3) is 0.227. The predicted molar refractivity (Wildman–Crippen MR) is 116 cm³/mol. The van der Waals surface area contributed by atoms with E-state index >= 15 is 0 Å². The maximum absolute atomic E-state index is 12.3. The van der Waals surface area contributed by atoms with Crippen LogP contribution in [0.2, 0.25) is 5.02 Å². The number of amides is 3. The molecule has 1 fully saturated rings. The maximum Gasteiger partial charge on any atom is 0.262 e. The molecular weight excluding hydrogens is 406 g/mol. The average Bonchev–Trinajstić information content (AvgIpc) is 3.14. The van der Waals surface area contributed by atoms with Gasteiger partial charge in [0, 0.05) is 35.9 Å². The van der Waals surface area contributed by atoms with E-state index in [4.69, 9.17) is 16.3 Å². The first-order valence-corrected chi connectivity index (χ1v) is 9.81. The van der Waals surface area contributed by atoms with Crippen molar-refractivity contribution in [3.63, 3.8) is 0 Å². The number of hydrogen-bond donors (Lipinski definition) is 2. The number of ether oxygens (including phenoxy) is 1. The highest BCUT2D eigenvalue weighted by atomic mass is 35.5. The first kappa shape index (κ1) is 21.4. The van der Waals surface area contributed by atoms with Crippen molar-refractivity contribution in [2.24, 2.45) is 5.92 Å². The molecule has 1 heterocycles.